The third-order valence-corrected chi connectivity index (χ3v) is 4.36. The van der Waals surface area contributed by atoms with Gasteiger partial charge in [-0.3, -0.25) is 4.99 Å². The normalized spacial score (nSPS) is 17.8. The van der Waals surface area contributed by atoms with Crippen LogP contribution >= 0.6 is 35.3 Å². The smallest absolute Gasteiger partial charge is 0.191 e. The van der Waals surface area contributed by atoms with Crippen LogP contribution in [0.4, 0.5) is 0 Å². The van der Waals surface area contributed by atoms with Crippen LogP contribution in [0.3, 0.4) is 0 Å². The fourth-order valence-electron chi connectivity index (χ4n) is 2.31. The molecule has 2 N–H and O–H groups in total. The number of nitrogens with one attached hydrogen (secondary N) is 2. The van der Waals surface area contributed by atoms with Crippen molar-refractivity contribution in [1.82, 2.24) is 10.6 Å². The zero-order valence-corrected chi connectivity index (χ0v) is 16.9. The Balaban J connectivity index is 0.00000264. The Labute approximate surface area is 160 Å². The minimum Gasteiger partial charge on any atom is -0.377 e. The van der Waals surface area contributed by atoms with E-state index in [1.54, 1.807) is 11.3 Å². The minimum atomic E-state index is 0. The Morgan fingerprint density at radius 3 is 3.09 bits per heavy atom. The SMILES string of the molecule is CCNC(=NCCOCC1CCCO1)NCCc1cccs1.I. The van der Waals surface area contributed by atoms with E-state index in [2.05, 4.69) is 40.1 Å². The van der Waals surface area contributed by atoms with Gasteiger partial charge in [0, 0.05) is 24.6 Å². The highest BCUT2D eigenvalue weighted by molar-refractivity contribution is 14.0. The third kappa shape index (κ3) is 8.88. The van der Waals surface area contributed by atoms with E-state index in [-0.39, 0.29) is 24.0 Å². The predicted molar refractivity (Wildman–Crippen MR) is 107 cm³/mol. The van der Waals surface area contributed by atoms with Crippen LogP contribution < -0.4 is 10.6 Å². The zero-order valence-electron chi connectivity index (χ0n) is 13.8. The average molecular weight is 453 g/mol. The number of ether oxygens (including phenoxy) is 2. The van der Waals surface area contributed by atoms with Gasteiger partial charge in [0.2, 0.25) is 0 Å². The molecular weight excluding hydrogens is 425 g/mol. The fraction of sp³-hybridized carbons (Fsp3) is 0.688. The second-order valence-corrected chi connectivity index (χ2v) is 6.26. The molecule has 1 saturated heterocycles. The molecule has 7 heteroatoms. The van der Waals surface area contributed by atoms with Gasteiger partial charge >= 0.3 is 0 Å². The van der Waals surface area contributed by atoms with Crippen molar-refractivity contribution < 1.29 is 9.47 Å². The first-order chi connectivity index (χ1) is 10.9. The van der Waals surface area contributed by atoms with Crippen molar-refractivity contribution in [3.05, 3.63) is 22.4 Å². The summed E-state index contributed by atoms with van der Waals surface area (Å²) in [5, 5.41) is 8.72. The Morgan fingerprint density at radius 1 is 1.48 bits per heavy atom. The number of rotatable bonds is 9. The standard InChI is InChI=1S/C16H27N3O2S.HI/c1-2-17-16(18-8-7-15-6-4-12-22-15)19-9-11-20-13-14-5-3-10-21-14;/h4,6,12,14H,2-3,5,7-11,13H2,1H3,(H2,17,18,19);1H. The van der Waals surface area contributed by atoms with Crippen molar-refractivity contribution in [3.8, 4) is 0 Å². The molecule has 1 atom stereocenters. The van der Waals surface area contributed by atoms with Gasteiger partial charge in [0.15, 0.2) is 5.96 Å². The van der Waals surface area contributed by atoms with Crippen molar-refractivity contribution in [2.45, 2.75) is 32.3 Å². The van der Waals surface area contributed by atoms with Crippen LogP contribution in [0.1, 0.15) is 24.6 Å². The highest BCUT2D eigenvalue weighted by Gasteiger charge is 2.14. The maximum absolute atomic E-state index is 5.62. The second-order valence-electron chi connectivity index (χ2n) is 5.23. The molecule has 23 heavy (non-hydrogen) atoms. The number of halogens is 1. The van der Waals surface area contributed by atoms with Crippen molar-refractivity contribution in [3.63, 3.8) is 0 Å². The molecule has 5 nitrogen and oxygen atoms in total. The van der Waals surface area contributed by atoms with Crippen molar-refractivity contribution in [1.29, 1.82) is 0 Å². The molecule has 2 rings (SSSR count). The molecular formula is C16H28IN3O2S. The van der Waals surface area contributed by atoms with E-state index >= 15 is 0 Å². The highest BCUT2D eigenvalue weighted by atomic mass is 127. The lowest BCUT2D eigenvalue weighted by Gasteiger charge is -2.12. The predicted octanol–water partition coefficient (Wildman–Crippen LogP) is 2.66. The summed E-state index contributed by atoms with van der Waals surface area (Å²) in [5.74, 6) is 0.861. The molecule has 1 aliphatic rings. The molecule has 0 amide bonds. The summed E-state index contributed by atoms with van der Waals surface area (Å²) in [4.78, 5) is 5.92. The first-order valence-electron chi connectivity index (χ1n) is 8.12. The van der Waals surface area contributed by atoms with Crippen LogP contribution in [0.2, 0.25) is 0 Å². The summed E-state index contributed by atoms with van der Waals surface area (Å²) in [5.41, 5.74) is 0. The van der Waals surface area contributed by atoms with Gasteiger partial charge in [-0.15, -0.1) is 35.3 Å². The van der Waals surface area contributed by atoms with E-state index in [4.69, 9.17) is 9.47 Å². The highest BCUT2D eigenvalue weighted by Crippen LogP contribution is 2.11. The van der Waals surface area contributed by atoms with E-state index in [0.29, 0.717) is 25.9 Å². The Hall–Kier alpha value is -0.380. The molecule has 0 aliphatic carbocycles. The molecule has 132 valence electrons. The zero-order chi connectivity index (χ0) is 15.5. The van der Waals surface area contributed by atoms with E-state index in [0.717, 1.165) is 44.9 Å². The number of guanidine groups is 1. The molecule has 1 aliphatic heterocycles. The van der Waals surface area contributed by atoms with Crippen LogP contribution in [0.15, 0.2) is 22.5 Å². The molecule has 0 aromatic carbocycles. The molecule has 1 unspecified atom stereocenters. The van der Waals surface area contributed by atoms with Gasteiger partial charge in [-0.2, -0.15) is 0 Å². The Kier molecular flexibility index (Phi) is 11.7. The van der Waals surface area contributed by atoms with Crippen LogP contribution in [0, 0.1) is 0 Å². The van der Waals surface area contributed by atoms with Gasteiger partial charge < -0.3 is 20.1 Å². The lowest BCUT2D eigenvalue weighted by molar-refractivity contribution is 0.0200. The lowest BCUT2D eigenvalue weighted by atomic mass is 10.2. The molecule has 2 heterocycles. The summed E-state index contributed by atoms with van der Waals surface area (Å²) in [6, 6.07) is 4.25. The monoisotopic (exact) mass is 453 g/mol. The van der Waals surface area contributed by atoms with Crippen LogP contribution in [-0.2, 0) is 15.9 Å². The van der Waals surface area contributed by atoms with Gasteiger partial charge in [-0.05, 0) is 37.6 Å². The summed E-state index contributed by atoms with van der Waals surface area (Å²) >= 11 is 1.79. The molecule has 0 bridgehead atoms. The number of thiophene rings is 1. The summed E-state index contributed by atoms with van der Waals surface area (Å²) in [6.45, 7) is 6.71. The average Bonchev–Trinajstić information content (AvgIpc) is 3.20. The van der Waals surface area contributed by atoms with Gasteiger partial charge in [0.25, 0.3) is 0 Å². The first-order valence-corrected chi connectivity index (χ1v) is 9.00. The quantitative estimate of drug-likeness (QED) is 0.261. The Bertz CT molecular complexity index is 423. The van der Waals surface area contributed by atoms with Gasteiger partial charge in [-0.25, -0.2) is 0 Å². The summed E-state index contributed by atoms with van der Waals surface area (Å²) in [6.07, 6.45) is 3.60. The molecule has 0 radical (unpaired) electrons. The molecule has 1 fully saturated rings. The first kappa shape index (κ1) is 20.7. The van der Waals surface area contributed by atoms with Crippen molar-refractivity contribution in [2.24, 2.45) is 4.99 Å². The maximum Gasteiger partial charge on any atom is 0.191 e. The second kappa shape index (κ2) is 13.0. The number of hydrogen-bond donors (Lipinski definition) is 2. The topological polar surface area (TPSA) is 54.9 Å². The largest absolute Gasteiger partial charge is 0.377 e. The van der Waals surface area contributed by atoms with Crippen LogP contribution in [-0.4, -0.2) is 51.5 Å². The van der Waals surface area contributed by atoms with E-state index in [9.17, 15) is 0 Å². The fourth-order valence-corrected chi connectivity index (χ4v) is 3.02. The number of aliphatic imine (C=N–C) groups is 1. The van der Waals surface area contributed by atoms with Crippen molar-refractivity contribution >= 4 is 41.3 Å². The Morgan fingerprint density at radius 2 is 2.39 bits per heavy atom. The molecule has 1 aromatic rings. The summed E-state index contributed by atoms with van der Waals surface area (Å²) < 4.78 is 11.1. The minimum absolute atomic E-state index is 0. The number of hydrogen-bond acceptors (Lipinski definition) is 4. The van der Waals surface area contributed by atoms with E-state index in [1.807, 2.05) is 0 Å². The van der Waals surface area contributed by atoms with E-state index in [1.165, 1.54) is 4.88 Å². The summed E-state index contributed by atoms with van der Waals surface area (Å²) in [7, 11) is 0. The maximum atomic E-state index is 5.62. The van der Waals surface area contributed by atoms with Crippen LogP contribution in [0.5, 0.6) is 0 Å². The van der Waals surface area contributed by atoms with Gasteiger partial charge in [0.1, 0.15) is 0 Å². The van der Waals surface area contributed by atoms with Crippen molar-refractivity contribution in [2.75, 3.05) is 39.5 Å². The number of nitrogens with zero attached hydrogens (tertiary/aromatic N) is 1. The molecule has 0 spiro atoms. The van der Waals surface area contributed by atoms with Gasteiger partial charge in [-0.1, -0.05) is 6.07 Å². The lowest BCUT2D eigenvalue weighted by Crippen LogP contribution is -2.38. The van der Waals surface area contributed by atoms with Crippen LogP contribution in [0.25, 0.3) is 0 Å². The molecule has 1 aromatic heterocycles. The molecule has 0 saturated carbocycles. The van der Waals surface area contributed by atoms with E-state index < -0.39 is 0 Å². The third-order valence-electron chi connectivity index (χ3n) is 3.42. The van der Waals surface area contributed by atoms with Gasteiger partial charge in [0.05, 0.1) is 25.9 Å².